The van der Waals surface area contributed by atoms with Crippen molar-refractivity contribution < 1.29 is 4.74 Å². The highest BCUT2D eigenvalue weighted by Crippen LogP contribution is 2.34. The molecule has 0 spiro atoms. The highest BCUT2D eigenvalue weighted by Gasteiger charge is 2.25. The summed E-state index contributed by atoms with van der Waals surface area (Å²) in [4.78, 5) is 3.98. The van der Waals surface area contributed by atoms with Gasteiger partial charge in [-0.3, -0.25) is 0 Å². The first-order valence-electron chi connectivity index (χ1n) is 5.24. The molecule has 0 saturated heterocycles. The molecule has 1 heterocycles. The normalized spacial score (nSPS) is 18.3. The van der Waals surface area contributed by atoms with Gasteiger partial charge in [0, 0.05) is 12.3 Å². The monoisotopic (exact) mass is 270 g/mol. The highest BCUT2D eigenvalue weighted by atomic mass is 79.9. The Kier molecular flexibility index (Phi) is 3.14. The molecule has 0 amide bonds. The molecule has 0 radical (unpaired) electrons. The molecule has 3 nitrogen and oxygen atoms in total. The van der Waals surface area contributed by atoms with Gasteiger partial charge in [-0.25, -0.2) is 4.98 Å². The summed E-state index contributed by atoms with van der Waals surface area (Å²) in [5.41, 5.74) is 5.61. The van der Waals surface area contributed by atoms with Crippen LogP contribution in [-0.4, -0.2) is 11.1 Å². The van der Waals surface area contributed by atoms with E-state index in [1.165, 1.54) is 19.3 Å². The second-order valence-corrected chi connectivity index (χ2v) is 4.91. The zero-order chi connectivity index (χ0) is 10.8. The first-order valence-corrected chi connectivity index (χ1v) is 6.04. The number of hydrogen-bond donors (Lipinski definition) is 1. The molecule has 1 aromatic heterocycles. The standard InChI is InChI=1S/C11H15BrN2O/c1-7(8-3-2-4-8)15-10-5-11(13)14-6-9(10)12/h5-8H,2-4H2,1H3,(H2,13,14). The van der Waals surface area contributed by atoms with E-state index < -0.39 is 0 Å². The highest BCUT2D eigenvalue weighted by molar-refractivity contribution is 9.10. The van der Waals surface area contributed by atoms with Crippen LogP contribution in [0.15, 0.2) is 16.7 Å². The number of pyridine rings is 1. The molecule has 1 atom stereocenters. The van der Waals surface area contributed by atoms with E-state index in [9.17, 15) is 0 Å². The van der Waals surface area contributed by atoms with Crippen LogP contribution in [0.4, 0.5) is 5.82 Å². The molecule has 1 aliphatic rings. The van der Waals surface area contributed by atoms with E-state index in [2.05, 4.69) is 27.8 Å². The Morgan fingerprint density at radius 2 is 2.33 bits per heavy atom. The largest absolute Gasteiger partial charge is 0.489 e. The molecule has 2 rings (SSSR count). The van der Waals surface area contributed by atoms with E-state index in [1.807, 2.05) is 0 Å². The van der Waals surface area contributed by atoms with Crippen molar-refractivity contribution in [3.8, 4) is 5.75 Å². The molecule has 1 unspecified atom stereocenters. The van der Waals surface area contributed by atoms with Gasteiger partial charge in [0.2, 0.25) is 0 Å². The van der Waals surface area contributed by atoms with Crippen molar-refractivity contribution in [2.45, 2.75) is 32.3 Å². The Bertz CT molecular complexity index is 352. The Hall–Kier alpha value is -0.770. The van der Waals surface area contributed by atoms with Crippen molar-refractivity contribution in [3.63, 3.8) is 0 Å². The number of nitrogens with zero attached hydrogens (tertiary/aromatic N) is 1. The number of nitrogen functional groups attached to an aromatic ring is 1. The summed E-state index contributed by atoms with van der Waals surface area (Å²) in [5, 5.41) is 0. The van der Waals surface area contributed by atoms with E-state index in [1.54, 1.807) is 12.3 Å². The summed E-state index contributed by atoms with van der Waals surface area (Å²) >= 11 is 3.40. The van der Waals surface area contributed by atoms with Crippen LogP contribution in [0.5, 0.6) is 5.75 Å². The molecule has 1 aliphatic carbocycles. The number of halogens is 1. The van der Waals surface area contributed by atoms with Gasteiger partial charge in [-0.2, -0.15) is 0 Å². The van der Waals surface area contributed by atoms with Gasteiger partial charge in [-0.15, -0.1) is 0 Å². The zero-order valence-corrected chi connectivity index (χ0v) is 10.3. The first-order chi connectivity index (χ1) is 7.16. The van der Waals surface area contributed by atoms with E-state index in [0.29, 0.717) is 11.7 Å². The molecule has 15 heavy (non-hydrogen) atoms. The minimum Gasteiger partial charge on any atom is -0.489 e. The van der Waals surface area contributed by atoms with Crippen molar-refractivity contribution in [2.24, 2.45) is 5.92 Å². The Morgan fingerprint density at radius 3 is 2.93 bits per heavy atom. The van der Waals surface area contributed by atoms with Crippen molar-refractivity contribution in [1.29, 1.82) is 0 Å². The lowest BCUT2D eigenvalue weighted by molar-refractivity contribution is 0.0982. The average Bonchev–Trinajstić information content (AvgIpc) is 2.08. The first kappa shape index (κ1) is 10.7. The number of aromatic nitrogens is 1. The fourth-order valence-corrected chi connectivity index (χ4v) is 2.04. The van der Waals surface area contributed by atoms with Crippen LogP contribution in [0, 0.1) is 5.92 Å². The summed E-state index contributed by atoms with van der Waals surface area (Å²) in [7, 11) is 0. The van der Waals surface area contributed by atoms with Crippen LogP contribution in [0.25, 0.3) is 0 Å². The molecule has 4 heteroatoms. The van der Waals surface area contributed by atoms with Gasteiger partial charge in [0.15, 0.2) is 0 Å². The van der Waals surface area contributed by atoms with E-state index >= 15 is 0 Å². The molecule has 82 valence electrons. The van der Waals surface area contributed by atoms with Crippen molar-refractivity contribution in [1.82, 2.24) is 4.98 Å². The molecule has 2 N–H and O–H groups in total. The third-order valence-corrected chi connectivity index (χ3v) is 3.56. The molecular weight excluding hydrogens is 256 g/mol. The van der Waals surface area contributed by atoms with Crippen LogP contribution in [0.2, 0.25) is 0 Å². The summed E-state index contributed by atoms with van der Waals surface area (Å²) in [5.74, 6) is 1.99. The maximum Gasteiger partial charge on any atom is 0.139 e. The molecule has 1 fully saturated rings. The average molecular weight is 271 g/mol. The molecule has 0 bridgehead atoms. The lowest BCUT2D eigenvalue weighted by Gasteiger charge is -2.31. The number of rotatable bonds is 3. The topological polar surface area (TPSA) is 48.1 Å². The number of nitrogens with two attached hydrogens (primary N) is 1. The van der Waals surface area contributed by atoms with Crippen molar-refractivity contribution in [3.05, 3.63) is 16.7 Å². The van der Waals surface area contributed by atoms with Crippen LogP contribution in [0.3, 0.4) is 0 Å². The molecular formula is C11H15BrN2O. The third-order valence-electron chi connectivity index (χ3n) is 2.97. The Labute approximate surface area is 98.2 Å². The molecule has 0 aliphatic heterocycles. The summed E-state index contributed by atoms with van der Waals surface area (Å²) < 4.78 is 6.73. The Balaban J connectivity index is 2.05. The van der Waals surface area contributed by atoms with Crippen molar-refractivity contribution >= 4 is 21.7 Å². The van der Waals surface area contributed by atoms with Crippen LogP contribution >= 0.6 is 15.9 Å². The number of hydrogen-bond acceptors (Lipinski definition) is 3. The predicted octanol–water partition coefficient (Wildman–Crippen LogP) is 2.99. The number of ether oxygens (including phenoxy) is 1. The van der Waals surface area contributed by atoms with E-state index in [4.69, 9.17) is 10.5 Å². The second kappa shape index (κ2) is 4.39. The SMILES string of the molecule is CC(Oc1cc(N)ncc1Br)C1CCC1. The van der Waals surface area contributed by atoms with E-state index in [0.717, 1.165) is 10.2 Å². The maximum absolute atomic E-state index is 5.86. The smallest absolute Gasteiger partial charge is 0.139 e. The molecule has 0 aromatic carbocycles. The van der Waals surface area contributed by atoms with Crippen LogP contribution in [0.1, 0.15) is 26.2 Å². The van der Waals surface area contributed by atoms with Gasteiger partial charge in [0.25, 0.3) is 0 Å². The minimum absolute atomic E-state index is 0.261. The van der Waals surface area contributed by atoms with E-state index in [-0.39, 0.29) is 6.10 Å². The molecule has 1 saturated carbocycles. The molecule has 1 aromatic rings. The Morgan fingerprint density at radius 1 is 1.60 bits per heavy atom. The zero-order valence-electron chi connectivity index (χ0n) is 8.74. The predicted molar refractivity (Wildman–Crippen MR) is 63.8 cm³/mol. The van der Waals surface area contributed by atoms with Gasteiger partial charge in [0.1, 0.15) is 11.6 Å². The second-order valence-electron chi connectivity index (χ2n) is 4.05. The van der Waals surface area contributed by atoms with Gasteiger partial charge in [0.05, 0.1) is 10.6 Å². The van der Waals surface area contributed by atoms with Crippen LogP contribution in [-0.2, 0) is 0 Å². The van der Waals surface area contributed by atoms with Gasteiger partial charge in [-0.1, -0.05) is 6.42 Å². The van der Waals surface area contributed by atoms with Gasteiger partial charge in [-0.05, 0) is 41.6 Å². The maximum atomic E-state index is 5.86. The van der Waals surface area contributed by atoms with Crippen LogP contribution < -0.4 is 10.5 Å². The minimum atomic E-state index is 0.261. The van der Waals surface area contributed by atoms with Gasteiger partial charge >= 0.3 is 0 Å². The summed E-state index contributed by atoms with van der Waals surface area (Å²) in [6.45, 7) is 2.12. The summed E-state index contributed by atoms with van der Waals surface area (Å²) in [6, 6.07) is 1.76. The van der Waals surface area contributed by atoms with Crippen molar-refractivity contribution in [2.75, 3.05) is 5.73 Å². The summed E-state index contributed by atoms with van der Waals surface area (Å²) in [6.07, 6.45) is 5.83. The lowest BCUT2D eigenvalue weighted by atomic mass is 9.82. The lowest BCUT2D eigenvalue weighted by Crippen LogP contribution is -2.29. The number of anilines is 1. The third kappa shape index (κ3) is 2.43. The fraction of sp³-hybridized carbons (Fsp3) is 0.545. The van der Waals surface area contributed by atoms with Gasteiger partial charge < -0.3 is 10.5 Å². The quantitative estimate of drug-likeness (QED) is 0.919. The fourth-order valence-electron chi connectivity index (χ4n) is 1.73.